The molecule has 3 N–H and O–H groups in total. The van der Waals surface area contributed by atoms with Gasteiger partial charge in [-0.1, -0.05) is 12.1 Å². The average molecular weight is 224 g/mol. The third-order valence-electron chi connectivity index (χ3n) is 2.49. The lowest BCUT2D eigenvalue weighted by atomic mass is 10.2. The van der Waals surface area contributed by atoms with Gasteiger partial charge in [-0.15, -0.1) is 0 Å². The second-order valence-corrected chi connectivity index (χ2v) is 4.00. The van der Waals surface area contributed by atoms with E-state index in [1.165, 1.54) is 0 Å². The zero-order valence-corrected chi connectivity index (χ0v) is 9.85. The molecule has 0 radical (unpaired) electrons. The molecular formula is C12H20N2O2. The van der Waals surface area contributed by atoms with Crippen molar-refractivity contribution in [3.05, 3.63) is 29.8 Å². The van der Waals surface area contributed by atoms with Crippen LogP contribution in [0.1, 0.15) is 5.56 Å². The minimum atomic E-state index is -0.242. The zero-order valence-electron chi connectivity index (χ0n) is 9.85. The standard InChI is InChI=1S/C12H20N2O2/c1-14(2)12-5-3-10(4-6-12)7-13-11(8-15)9-16/h3-6,11,13,15-16H,7-9H2,1-2H3. The summed E-state index contributed by atoms with van der Waals surface area (Å²) >= 11 is 0. The van der Waals surface area contributed by atoms with Gasteiger partial charge in [0.2, 0.25) is 0 Å². The molecule has 0 aliphatic carbocycles. The van der Waals surface area contributed by atoms with E-state index in [4.69, 9.17) is 10.2 Å². The van der Waals surface area contributed by atoms with Crippen LogP contribution in [-0.2, 0) is 6.54 Å². The van der Waals surface area contributed by atoms with Crippen LogP contribution in [0.3, 0.4) is 0 Å². The fourth-order valence-corrected chi connectivity index (χ4v) is 1.36. The highest BCUT2D eigenvalue weighted by Crippen LogP contribution is 2.11. The molecule has 0 unspecified atom stereocenters. The molecule has 0 bridgehead atoms. The van der Waals surface area contributed by atoms with E-state index in [0.29, 0.717) is 6.54 Å². The van der Waals surface area contributed by atoms with Crippen LogP contribution in [0.2, 0.25) is 0 Å². The van der Waals surface area contributed by atoms with E-state index < -0.39 is 0 Å². The number of hydrogen-bond donors (Lipinski definition) is 3. The van der Waals surface area contributed by atoms with Crippen LogP contribution in [0.25, 0.3) is 0 Å². The van der Waals surface area contributed by atoms with Crippen molar-refractivity contribution in [3.63, 3.8) is 0 Å². The van der Waals surface area contributed by atoms with Crippen LogP contribution in [0.5, 0.6) is 0 Å². The zero-order chi connectivity index (χ0) is 12.0. The smallest absolute Gasteiger partial charge is 0.0607 e. The third kappa shape index (κ3) is 3.81. The third-order valence-corrected chi connectivity index (χ3v) is 2.49. The van der Waals surface area contributed by atoms with E-state index in [1.54, 1.807) is 0 Å². The summed E-state index contributed by atoms with van der Waals surface area (Å²) in [6.45, 7) is 0.554. The lowest BCUT2D eigenvalue weighted by Crippen LogP contribution is -2.35. The van der Waals surface area contributed by atoms with E-state index in [1.807, 2.05) is 43.3 Å². The molecule has 0 saturated heterocycles. The van der Waals surface area contributed by atoms with Gasteiger partial charge in [-0.05, 0) is 17.7 Å². The molecule has 0 aliphatic rings. The number of rotatable bonds is 6. The van der Waals surface area contributed by atoms with Gasteiger partial charge in [-0.25, -0.2) is 0 Å². The summed E-state index contributed by atoms with van der Waals surface area (Å²) in [5.74, 6) is 0. The number of nitrogens with one attached hydrogen (secondary N) is 1. The van der Waals surface area contributed by atoms with Crippen molar-refractivity contribution in [2.24, 2.45) is 0 Å². The Morgan fingerprint density at radius 3 is 2.12 bits per heavy atom. The fraction of sp³-hybridized carbons (Fsp3) is 0.500. The molecule has 0 saturated carbocycles. The summed E-state index contributed by atoms with van der Waals surface area (Å²) in [4.78, 5) is 2.04. The number of aliphatic hydroxyl groups is 2. The Balaban J connectivity index is 2.49. The van der Waals surface area contributed by atoms with Crippen molar-refractivity contribution in [1.82, 2.24) is 5.32 Å². The molecule has 1 rings (SSSR count). The molecule has 4 heteroatoms. The molecular weight excluding hydrogens is 204 g/mol. The molecule has 4 nitrogen and oxygen atoms in total. The maximum atomic E-state index is 8.89. The summed E-state index contributed by atoms with van der Waals surface area (Å²) in [7, 11) is 4.00. The quantitative estimate of drug-likeness (QED) is 0.646. The summed E-state index contributed by atoms with van der Waals surface area (Å²) in [6, 6.07) is 7.92. The summed E-state index contributed by atoms with van der Waals surface area (Å²) in [6.07, 6.45) is 0. The van der Waals surface area contributed by atoms with E-state index >= 15 is 0 Å². The van der Waals surface area contributed by atoms with Crippen LogP contribution in [0.15, 0.2) is 24.3 Å². The van der Waals surface area contributed by atoms with Crippen LogP contribution in [0.4, 0.5) is 5.69 Å². The van der Waals surface area contributed by atoms with Crippen molar-refractivity contribution < 1.29 is 10.2 Å². The second-order valence-electron chi connectivity index (χ2n) is 4.00. The molecule has 0 heterocycles. The Bertz CT molecular complexity index is 294. The number of anilines is 1. The maximum Gasteiger partial charge on any atom is 0.0607 e. The molecule has 0 fully saturated rings. The molecule has 1 aromatic rings. The molecule has 1 aromatic carbocycles. The van der Waals surface area contributed by atoms with Crippen LogP contribution >= 0.6 is 0 Å². The molecule has 0 aliphatic heterocycles. The Morgan fingerprint density at radius 1 is 1.12 bits per heavy atom. The molecule has 90 valence electrons. The van der Waals surface area contributed by atoms with Gasteiger partial charge in [0.25, 0.3) is 0 Å². The first kappa shape index (κ1) is 13.0. The number of benzene rings is 1. The molecule has 0 amide bonds. The predicted octanol–water partition coefficient (Wildman–Crippen LogP) is 0.195. The first-order chi connectivity index (χ1) is 7.67. The predicted molar refractivity (Wildman–Crippen MR) is 65.6 cm³/mol. The van der Waals surface area contributed by atoms with Gasteiger partial charge >= 0.3 is 0 Å². The Morgan fingerprint density at radius 2 is 1.69 bits per heavy atom. The summed E-state index contributed by atoms with van der Waals surface area (Å²) in [5.41, 5.74) is 2.29. The average Bonchev–Trinajstić information content (AvgIpc) is 2.31. The van der Waals surface area contributed by atoms with E-state index in [9.17, 15) is 0 Å². The van der Waals surface area contributed by atoms with Crippen LogP contribution < -0.4 is 10.2 Å². The van der Waals surface area contributed by atoms with Gasteiger partial charge < -0.3 is 20.4 Å². The van der Waals surface area contributed by atoms with Gasteiger partial charge in [0.15, 0.2) is 0 Å². The van der Waals surface area contributed by atoms with E-state index in [-0.39, 0.29) is 19.3 Å². The Labute approximate surface area is 96.5 Å². The van der Waals surface area contributed by atoms with Gasteiger partial charge in [0, 0.05) is 26.3 Å². The van der Waals surface area contributed by atoms with Gasteiger partial charge in [-0.3, -0.25) is 0 Å². The second kappa shape index (κ2) is 6.48. The molecule has 0 aromatic heterocycles. The number of aliphatic hydroxyl groups excluding tert-OH is 2. The monoisotopic (exact) mass is 224 g/mol. The first-order valence-electron chi connectivity index (χ1n) is 5.38. The van der Waals surface area contributed by atoms with Crippen molar-refractivity contribution in [2.45, 2.75) is 12.6 Å². The van der Waals surface area contributed by atoms with Crippen molar-refractivity contribution in [2.75, 3.05) is 32.2 Å². The Hall–Kier alpha value is -1.10. The largest absolute Gasteiger partial charge is 0.395 e. The van der Waals surface area contributed by atoms with Gasteiger partial charge in [0.1, 0.15) is 0 Å². The number of nitrogens with zero attached hydrogens (tertiary/aromatic N) is 1. The topological polar surface area (TPSA) is 55.7 Å². The summed E-state index contributed by atoms with van der Waals surface area (Å²) in [5, 5.41) is 20.9. The maximum absolute atomic E-state index is 8.89. The lowest BCUT2D eigenvalue weighted by molar-refractivity contribution is 0.170. The highest BCUT2D eigenvalue weighted by atomic mass is 16.3. The first-order valence-corrected chi connectivity index (χ1v) is 5.38. The highest BCUT2D eigenvalue weighted by Gasteiger charge is 2.04. The highest BCUT2D eigenvalue weighted by molar-refractivity contribution is 5.45. The molecule has 16 heavy (non-hydrogen) atoms. The molecule has 0 spiro atoms. The van der Waals surface area contributed by atoms with Crippen molar-refractivity contribution in [1.29, 1.82) is 0 Å². The fourth-order valence-electron chi connectivity index (χ4n) is 1.36. The van der Waals surface area contributed by atoms with Crippen molar-refractivity contribution in [3.8, 4) is 0 Å². The van der Waals surface area contributed by atoms with Crippen LogP contribution in [-0.4, -0.2) is 43.6 Å². The van der Waals surface area contributed by atoms with E-state index in [2.05, 4.69) is 5.32 Å². The lowest BCUT2D eigenvalue weighted by Gasteiger charge is -2.15. The normalized spacial score (nSPS) is 10.8. The Kier molecular flexibility index (Phi) is 5.25. The van der Waals surface area contributed by atoms with Gasteiger partial charge in [0.05, 0.1) is 19.3 Å². The SMILES string of the molecule is CN(C)c1ccc(CNC(CO)CO)cc1. The van der Waals surface area contributed by atoms with Crippen molar-refractivity contribution >= 4 is 5.69 Å². The summed E-state index contributed by atoms with van der Waals surface area (Å²) < 4.78 is 0. The molecule has 0 atom stereocenters. The minimum Gasteiger partial charge on any atom is -0.395 e. The van der Waals surface area contributed by atoms with Crippen LogP contribution in [0, 0.1) is 0 Å². The van der Waals surface area contributed by atoms with E-state index in [0.717, 1.165) is 11.3 Å². The minimum absolute atomic E-state index is 0.0493. The van der Waals surface area contributed by atoms with Gasteiger partial charge in [-0.2, -0.15) is 0 Å². The number of hydrogen-bond acceptors (Lipinski definition) is 4.